The topological polar surface area (TPSA) is 66.7 Å². The van der Waals surface area contributed by atoms with E-state index in [2.05, 4.69) is 17.3 Å². The van der Waals surface area contributed by atoms with Crippen molar-refractivity contribution in [3.05, 3.63) is 102 Å². The van der Waals surface area contributed by atoms with E-state index in [9.17, 15) is 14.8 Å². The minimum Gasteiger partial charge on any atom is -0.411 e. The van der Waals surface area contributed by atoms with Crippen LogP contribution in [0.15, 0.2) is 95.0 Å². The van der Waals surface area contributed by atoms with E-state index in [1.54, 1.807) is 36.0 Å². The molecule has 0 saturated heterocycles. The number of unbranched alkanes of at least 4 members (excludes halogenated alkanes) is 3. The monoisotopic (exact) mass is 459 g/mol. The molecule has 0 saturated carbocycles. The highest BCUT2D eigenvalue weighted by molar-refractivity contribution is 7.98. The highest BCUT2D eigenvalue weighted by Crippen LogP contribution is 2.23. The SMILES string of the molecule is O=C(CCCCCCC(=NO)C(=O)c1ccccc1)c1ccc(SCc2ccccc2)cc1. The van der Waals surface area contributed by atoms with Gasteiger partial charge in [0.15, 0.2) is 5.78 Å². The summed E-state index contributed by atoms with van der Waals surface area (Å²) in [4.78, 5) is 26.0. The highest BCUT2D eigenvalue weighted by atomic mass is 32.2. The van der Waals surface area contributed by atoms with Crippen LogP contribution in [-0.4, -0.2) is 22.5 Å². The zero-order valence-corrected chi connectivity index (χ0v) is 19.5. The van der Waals surface area contributed by atoms with Crippen molar-refractivity contribution in [3.8, 4) is 0 Å². The zero-order valence-electron chi connectivity index (χ0n) is 18.7. The number of rotatable bonds is 13. The molecule has 0 atom stereocenters. The summed E-state index contributed by atoms with van der Waals surface area (Å²) in [6, 6.07) is 27.0. The van der Waals surface area contributed by atoms with E-state index in [0.717, 1.165) is 41.9 Å². The predicted molar refractivity (Wildman–Crippen MR) is 134 cm³/mol. The Kier molecular flexibility index (Phi) is 9.92. The number of Topliss-reactive ketones (excluding diaryl/α,β-unsaturated/α-hetero) is 2. The molecule has 0 bridgehead atoms. The second kappa shape index (κ2) is 13.4. The van der Waals surface area contributed by atoms with Crippen LogP contribution >= 0.6 is 11.8 Å². The van der Waals surface area contributed by atoms with Crippen LogP contribution in [-0.2, 0) is 5.75 Å². The Morgan fingerprint density at radius 1 is 0.697 bits per heavy atom. The molecule has 0 aromatic heterocycles. The average Bonchev–Trinajstić information content (AvgIpc) is 2.88. The molecule has 0 amide bonds. The van der Waals surface area contributed by atoms with Crippen molar-refractivity contribution in [2.45, 2.75) is 49.2 Å². The fourth-order valence-electron chi connectivity index (χ4n) is 3.52. The van der Waals surface area contributed by atoms with E-state index in [-0.39, 0.29) is 17.3 Å². The van der Waals surface area contributed by atoms with Crippen LogP contribution in [0, 0.1) is 0 Å². The molecular formula is C28H29NO3S. The molecule has 0 radical (unpaired) electrons. The molecule has 0 fully saturated rings. The van der Waals surface area contributed by atoms with Gasteiger partial charge >= 0.3 is 0 Å². The first kappa shape index (κ1) is 24.5. The first-order chi connectivity index (χ1) is 16.2. The first-order valence-electron chi connectivity index (χ1n) is 11.3. The number of thioether (sulfide) groups is 1. The molecule has 3 rings (SSSR count). The molecule has 4 nitrogen and oxygen atoms in total. The molecule has 1 N–H and O–H groups in total. The standard InChI is InChI=1S/C28H29NO3S/c30-27(23-17-19-25(20-18-23)33-21-22-11-5-3-6-12-22)16-10-2-1-9-15-26(29-32)28(31)24-13-7-4-8-14-24/h3-8,11-14,17-20,32H,1-2,9-10,15-16,21H2. The van der Waals surface area contributed by atoms with Gasteiger partial charge in [0.1, 0.15) is 5.71 Å². The van der Waals surface area contributed by atoms with Crippen LogP contribution in [0.4, 0.5) is 0 Å². The van der Waals surface area contributed by atoms with Crippen LogP contribution in [0.5, 0.6) is 0 Å². The Hall–Kier alpha value is -3.18. The van der Waals surface area contributed by atoms with E-state index in [0.29, 0.717) is 18.4 Å². The van der Waals surface area contributed by atoms with E-state index in [4.69, 9.17) is 0 Å². The summed E-state index contributed by atoms with van der Waals surface area (Å²) >= 11 is 1.76. The lowest BCUT2D eigenvalue weighted by Crippen LogP contribution is -2.14. The maximum absolute atomic E-state index is 12.5. The molecule has 0 aliphatic carbocycles. The Balaban J connectivity index is 1.33. The molecule has 0 heterocycles. The maximum Gasteiger partial charge on any atom is 0.210 e. The van der Waals surface area contributed by atoms with E-state index >= 15 is 0 Å². The molecule has 0 aliphatic rings. The summed E-state index contributed by atoms with van der Waals surface area (Å²) in [6.07, 6.45) is 4.28. The van der Waals surface area contributed by atoms with Crippen molar-refractivity contribution in [1.82, 2.24) is 0 Å². The summed E-state index contributed by atoms with van der Waals surface area (Å²) in [5.74, 6) is 0.832. The lowest BCUT2D eigenvalue weighted by Gasteiger charge is -2.06. The molecular weight excluding hydrogens is 430 g/mol. The van der Waals surface area contributed by atoms with Crippen LogP contribution in [0.1, 0.15) is 64.8 Å². The van der Waals surface area contributed by atoms with Crippen LogP contribution in [0.25, 0.3) is 0 Å². The lowest BCUT2D eigenvalue weighted by atomic mass is 10.0. The van der Waals surface area contributed by atoms with Gasteiger partial charge in [-0.2, -0.15) is 0 Å². The number of hydrogen-bond acceptors (Lipinski definition) is 5. The van der Waals surface area contributed by atoms with Gasteiger partial charge in [0.25, 0.3) is 0 Å². The van der Waals surface area contributed by atoms with E-state index < -0.39 is 0 Å². The van der Waals surface area contributed by atoms with Crippen LogP contribution in [0.2, 0.25) is 0 Å². The first-order valence-corrected chi connectivity index (χ1v) is 12.3. The van der Waals surface area contributed by atoms with Crippen molar-refractivity contribution in [2.24, 2.45) is 5.16 Å². The molecule has 170 valence electrons. The summed E-state index contributed by atoms with van der Waals surface area (Å²) in [5, 5.41) is 12.4. The summed E-state index contributed by atoms with van der Waals surface area (Å²) in [7, 11) is 0. The van der Waals surface area contributed by atoms with Gasteiger partial charge in [-0.25, -0.2) is 0 Å². The van der Waals surface area contributed by atoms with Gasteiger partial charge < -0.3 is 5.21 Å². The molecule has 3 aromatic rings. The number of carbonyl (C=O) groups excluding carboxylic acids is 2. The van der Waals surface area contributed by atoms with Gasteiger partial charge in [-0.1, -0.05) is 90.8 Å². The third-order valence-electron chi connectivity index (χ3n) is 5.41. The molecule has 0 unspecified atom stereocenters. The van der Waals surface area contributed by atoms with E-state index in [1.165, 1.54) is 5.56 Å². The Labute approximate surface area is 199 Å². The number of nitrogens with zero attached hydrogens (tertiary/aromatic N) is 1. The van der Waals surface area contributed by atoms with Crippen molar-refractivity contribution in [3.63, 3.8) is 0 Å². The van der Waals surface area contributed by atoms with Gasteiger partial charge in [0, 0.05) is 28.2 Å². The summed E-state index contributed by atoms with van der Waals surface area (Å²) < 4.78 is 0. The van der Waals surface area contributed by atoms with Gasteiger partial charge in [0.2, 0.25) is 5.78 Å². The summed E-state index contributed by atoms with van der Waals surface area (Å²) in [5.41, 5.74) is 2.74. The quantitative estimate of drug-likeness (QED) is 0.0732. The molecule has 0 spiro atoms. The number of carbonyl (C=O) groups is 2. The van der Waals surface area contributed by atoms with Crippen LogP contribution in [0.3, 0.4) is 0 Å². The maximum atomic E-state index is 12.5. The largest absolute Gasteiger partial charge is 0.411 e. The second-order valence-corrected chi connectivity index (χ2v) is 8.93. The van der Waals surface area contributed by atoms with Gasteiger partial charge in [0.05, 0.1) is 0 Å². The smallest absolute Gasteiger partial charge is 0.210 e. The van der Waals surface area contributed by atoms with Crippen LogP contribution < -0.4 is 0 Å². The van der Waals surface area contributed by atoms with Gasteiger partial charge in [-0.15, -0.1) is 11.8 Å². The minimum absolute atomic E-state index is 0.159. The Bertz CT molecular complexity index is 1050. The number of ketones is 2. The predicted octanol–water partition coefficient (Wildman–Crippen LogP) is 7.22. The van der Waals surface area contributed by atoms with Gasteiger partial charge in [-0.3, -0.25) is 9.59 Å². The number of benzene rings is 3. The fourth-order valence-corrected chi connectivity index (χ4v) is 4.37. The second-order valence-electron chi connectivity index (χ2n) is 7.88. The van der Waals surface area contributed by atoms with Crippen molar-refractivity contribution in [1.29, 1.82) is 0 Å². The normalized spacial score (nSPS) is 11.3. The third-order valence-corrected chi connectivity index (χ3v) is 6.49. The molecule has 0 aliphatic heterocycles. The number of hydrogen-bond donors (Lipinski definition) is 1. The average molecular weight is 460 g/mol. The summed E-state index contributed by atoms with van der Waals surface area (Å²) in [6.45, 7) is 0. The lowest BCUT2D eigenvalue weighted by molar-refractivity contribution is 0.0978. The Morgan fingerprint density at radius 3 is 1.94 bits per heavy atom. The third kappa shape index (κ3) is 8.03. The zero-order chi connectivity index (χ0) is 23.3. The Morgan fingerprint density at radius 2 is 1.30 bits per heavy atom. The molecule has 5 heteroatoms. The van der Waals surface area contributed by atoms with Gasteiger partial charge in [-0.05, 0) is 37.0 Å². The minimum atomic E-state index is -0.237. The number of oxime groups is 1. The highest BCUT2D eigenvalue weighted by Gasteiger charge is 2.14. The molecule has 33 heavy (non-hydrogen) atoms. The van der Waals surface area contributed by atoms with E-state index in [1.807, 2.05) is 48.5 Å². The fraction of sp³-hybridized carbons (Fsp3) is 0.250. The van der Waals surface area contributed by atoms with Crippen molar-refractivity contribution >= 4 is 29.0 Å². The van der Waals surface area contributed by atoms with Crippen molar-refractivity contribution < 1.29 is 14.8 Å². The molecule has 3 aromatic carbocycles. The van der Waals surface area contributed by atoms with Crippen molar-refractivity contribution in [2.75, 3.05) is 0 Å².